The molecule has 0 radical (unpaired) electrons. The van der Waals surface area contributed by atoms with Gasteiger partial charge in [-0.25, -0.2) is 9.18 Å². The Hall–Kier alpha value is -4.33. The Balaban J connectivity index is 1.86. The molecule has 0 aliphatic rings. The summed E-state index contributed by atoms with van der Waals surface area (Å²) in [5.74, 6) is -0.179. The van der Waals surface area contributed by atoms with Crippen molar-refractivity contribution in [1.82, 2.24) is 9.78 Å². The van der Waals surface area contributed by atoms with Crippen molar-refractivity contribution in [2.24, 2.45) is 0 Å². The summed E-state index contributed by atoms with van der Waals surface area (Å²) in [6, 6.07) is 21.1. The molecule has 180 valence electrons. The molecule has 0 aliphatic carbocycles. The van der Waals surface area contributed by atoms with E-state index in [4.69, 9.17) is 24.4 Å². The number of para-hydroxylation sites is 2. The summed E-state index contributed by atoms with van der Waals surface area (Å²) in [5, 5.41) is 13.8. The highest BCUT2D eigenvalue weighted by Gasteiger charge is 2.19. The fraction of sp³-hybridized carbons (Fsp3) is 0.185. The van der Waals surface area contributed by atoms with Gasteiger partial charge < -0.3 is 19.3 Å². The Morgan fingerprint density at radius 3 is 2.43 bits per heavy atom. The number of aliphatic carboxylic acids is 1. The molecule has 0 bridgehead atoms. The zero-order valence-electron chi connectivity index (χ0n) is 19.4. The van der Waals surface area contributed by atoms with Gasteiger partial charge in [0.1, 0.15) is 23.1 Å². The first kappa shape index (κ1) is 23.8. The normalized spacial score (nSPS) is 10.7. The van der Waals surface area contributed by atoms with Crippen LogP contribution in [0.3, 0.4) is 0 Å². The van der Waals surface area contributed by atoms with E-state index < -0.39 is 18.4 Å². The number of ether oxygens (including phenoxy) is 3. The quantitative estimate of drug-likeness (QED) is 0.336. The van der Waals surface area contributed by atoms with Gasteiger partial charge in [-0.15, -0.1) is 0 Å². The smallest absolute Gasteiger partial charge is 0.341 e. The third kappa shape index (κ3) is 5.43. The first-order valence-electron chi connectivity index (χ1n) is 11.1. The fourth-order valence-electron chi connectivity index (χ4n) is 3.81. The molecule has 7 nitrogen and oxygen atoms in total. The molecule has 4 aromatic rings. The van der Waals surface area contributed by atoms with Crippen LogP contribution in [-0.2, 0) is 11.3 Å². The van der Waals surface area contributed by atoms with Crippen molar-refractivity contribution in [3.63, 3.8) is 0 Å². The number of benzene rings is 3. The summed E-state index contributed by atoms with van der Waals surface area (Å²) in [7, 11) is 1.61. The lowest BCUT2D eigenvalue weighted by molar-refractivity contribution is -0.139. The zero-order chi connectivity index (χ0) is 24.8. The molecular weight excluding hydrogens is 451 g/mol. The van der Waals surface area contributed by atoms with Crippen LogP contribution in [0.25, 0.3) is 22.5 Å². The fourth-order valence-corrected chi connectivity index (χ4v) is 3.81. The van der Waals surface area contributed by atoms with E-state index in [0.29, 0.717) is 30.2 Å². The van der Waals surface area contributed by atoms with E-state index in [1.54, 1.807) is 7.11 Å². The highest BCUT2D eigenvalue weighted by atomic mass is 19.1. The third-order valence-electron chi connectivity index (χ3n) is 5.33. The standard InChI is InChI=1S/C27H25FN2O5/c1-3-34-25-11-7-5-9-21(25)23-15-22(20-13-12-19(28)14-26(20)35-17-27(31)32)29-30(23)16-18-8-4-6-10-24(18)33-2/h4-15H,3,16-17H2,1-2H3,(H,31,32). The first-order valence-corrected chi connectivity index (χ1v) is 11.1. The predicted molar refractivity (Wildman–Crippen MR) is 129 cm³/mol. The van der Waals surface area contributed by atoms with E-state index in [0.717, 1.165) is 28.6 Å². The second-order valence-electron chi connectivity index (χ2n) is 7.64. The SMILES string of the molecule is CCOc1ccccc1-c1cc(-c2ccc(F)cc2OCC(=O)O)nn1Cc1ccccc1OC. The van der Waals surface area contributed by atoms with Crippen LogP contribution in [0.4, 0.5) is 4.39 Å². The van der Waals surface area contributed by atoms with Crippen molar-refractivity contribution in [1.29, 1.82) is 0 Å². The van der Waals surface area contributed by atoms with Gasteiger partial charge in [-0.2, -0.15) is 5.10 Å². The van der Waals surface area contributed by atoms with E-state index in [1.165, 1.54) is 12.1 Å². The van der Waals surface area contributed by atoms with Gasteiger partial charge in [0.05, 0.1) is 31.6 Å². The second kappa shape index (κ2) is 10.7. The van der Waals surface area contributed by atoms with E-state index in [-0.39, 0.29) is 5.75 Å². The molecule has 0 atom stereocenters. The predicted octanol–water partition coefficient (Wildman–Crippen LogP) is 5.28. The minimum absolute atomic E-state index is 0.0963. The van der Waals surface area contributed by atoms with Crippen molar-refractivity contribution in [3.8, 4) is 39.8 Å². The maximum absolute atomic E-state index is 14.0. The summed E-state index contributed by atoms with van der Waals surface area (Å²) in [4.78, 5) is 11.0. The molecule has 0 amide bonds. The van der Waals surface area contributed by atoms with Gasteiger partial charge in [-0.1, -0.05) is 30.3 Å². The van der Waals surface area contributed by atoms with Crippen LogP contribution < -0.4 is 14.2 Å². The number of carboxylic acids is 1. The largest absolute Gasteiger partial charge is 0.496 e. The molecule has 0 spiro atoms. The van der Waals surface area contributed by atoms with Gasteiger partial charge in [0.15, 0.2) is 6.61 Å². The highest BCUT2D eigenvalue weighted by Crippen LogP contribution is 2.37. The molecule has 0 fully saturated rings. The van der Waals surface area contributed by atoms with Gasteiger partial charge >= 0.3 is 5.97 Å². The van der Waals surface area contributed by atoms with Gasteiger partial charge in [0.2, 0.25) is 0 Å². The van der Waals surface area contributed by atoms with Gasteiger partial charge in [-0.3, -0.25) is 4.68 Å². The third-order valence-corrected chi connectivity index (χ3v) is 5.33. The lowest BCUT2D eigenvalue weighted by Gasteiger charge is -2.13. The molecule has 8 heteroatoms. The maximum atomic E-state index is 14.0. The molecular formula is C27H25FN2O5. The first-order chi connectivity index (χ1) is 17.0. The number of halogens is 1. The number of carbonyl (C=O) groups is 1. The van der Waals surface area contributed by atoms with Crippen molar-refractivity contribution in [2.75, 3.05) is 20.3 Å². The monoisotopic (exact) mass is 476 g/mol. The van der Waals surface area contributed by atoms with Gasteiger partial charge in [0.25, 0.3) is 0 Å². The number of rotatable bonds is 10. The Morgan fingerprint density at radius 2 is 1.69 bits per heavy atom. The van der Waals surface area contributed by atoms with Crippen LogP contribution >= 0.6 is 0 Å². The van der Waals surface area contributed by atoms with E-state index in [2.05, 4.69) is 0 Å². The lowest BCUT2D eigenvalue weighted by Crippen LogP contribution is -2.10. The molecule has 0 unspecified atom stereocenters. The Labute approximate surface area is 202 Å². The Kier molecular flexibility index (Phi) is 7.30. The molecule has 1 aromatic heterocycles. The number of hydrogen-bond donors (Lipinski definition) is 1. The van der Waals surface area contributed by atoms with Crippen molar-refractivity contribution in [2.45, 2.75) is 13.5 Å². The molecule has 4 rings (SSSR count). The molecule has 0 saturated heterocycles. The summed E-state index contributed by atoms with van der Waals surface area (Å²) >= 11 is 0. The molecule has 35 heavy (non-hydrogen) atoms. The number of carboxylic acid groups (broad SMARTS) is 1. The van der Waals surface area contributed by atoms with Gasteiger partial charge in [0, 0.05) is 22.8 Å². The van der Waals surface area contributed by atoms with E-state index >= 15 is 0 Å². The number of hydrogen-bond acceptors (Lipinski definition) is 5. The number of nitrogens with zero attached hydrogens (tertiary/aromatic N) is 2. The lowest BCUT2D eigenvalue weighted by atomic mass is 10.1. The maximum Gasteiger partial charge on any atom is 0.341 e. The van der Waals surface area contributed by atoms with Crippen LogP contribution in [0.2, 0.25) is 0 Å². The van der Waals surface area contributed by atoms with Crippen LogP contribution in [0.1, 0.15) is 12.5 Å². The molecule has 1 heterocycles. The average Bonchev–Trinajstić information content (AvgIpc) is 3.27. The van der Waals surface area contributed by atoms with Crippen molar-refractivity contribution < 1.29 is 28.5 Å². The minimum Gasteiger partial charge on any atom is -0.496 e. The molecule has 3 aromatic carbocycles. The van der Waals surface area contributed by atoms with Crippen LogP contribution in [0.15, 0.2) is 72.8 Å². The molecule has 0 saturated carbocycles. The van der Waals surface area contributed by atoms with Gasteiger partial charge in [-0.05, 0) is 43.3 Å². The van der Waals surface area contributed by atoms with Crippen molar-refractivity contribution in [3.05, 3.63) is 84.2 Å². The topological polar surface area (TPSA) is 82.8 Å². The highest BCUT2D eigenvalue weighted by molar-refractivity contribution is 5.76. The van der Waals surface area contributed by atoms with Crippen molar-refractivity contribution >= 4 is 5.97 Å². The minimum atomic E-state index is -1.16. The molecule has 0 aliphatic heterocycles. The van der Waals surface area contributed by atoms with E-state index in [9.17, 15) is 9.18 Å². The Morgan fingerprint density at radius 1 is 0.943 bits per heavy atom. The average molecular weight is 477 g/mol. The number of methoxy groups -OCH3 is 1. The van der Waals surface area contributed by atoms with Crippen LogP contribution in [-0.4, -0.2) is 41.2 Å². The van der Waals surface area contributed by atoms with E-state index in [1.807, 2.05) is 66.2 Å². The summed E-state index contributed by atoms with van der Waals surface area (Å²) in [5.41, 5.74) is 3.49. The Bertz CT molecular complexity index is 1330. The molecule has 1 N–H and O–H groups in total. The summed E-state index contributed by atoms with van der Waals surface area (Å²) < 4.78 is 32.5. The van der Waals surface area contributed by atoms with Crippen LogP contribution in [0, 0.1) is 5.82 Å². The number of aromatic nitrogens is 2. The second-order valence-corrected chi connectivity index (χ2v) is 7.64. The summed E-state index contributed by atoms with van der Waals surface area (Å²) in [6.45, 7) is 2.21. The zero-order valence-corrected chi connectivity index (χ0v) is 19.4. The summed E-state index contributed by atoms with van der Waals surface area (Å²) in [6.07, 6.45) is 0. The van der Waals surface area contributed by atoms with Crippen LogP contribution in [0.5, 0.6) is 17.2 Å².